The van der Waals surface area contributed by atoms with Crippen molar-refractivity contribution < 1.29 is 14.4 Å². The van der Waals surface area contributed by atoms with Gasteiger partial charge in [0.25, 0.3) is 0 Å². The maximum absolute atomic E-state index is 12.6. The number of anilines is 1. The lowest BCUT2D eigenvalue weighted by atomic mass is 9.98. The van der Waals surface area contributed by atoms with Gasteiger partial charge < -0.3 is 14.7 Å². The van der Waals surface area contributed by atoms with Crippen LogP contribution in [-0.2, 0) is 27.2 Å². The summed E-state index contributed by atoms with van der Waals surface area (Å²) in [6, 6.07) is 5.92. The van der Waals surface area contributed by atoms with Gasteiger partial charge in [-0.05, 0) is 23.6 Å². The predicted molar refractivity (Wildman–Crippen MR) is 95.3 cm³/mol. The van der Waals surface area contributed by atoms with Gasteiger partial charge in [-0.2, -0.15) is 0 Å². The molecule has 0 aromatic heterocycles. The van der Waals surface area contributed by atoms with Gasteiger partial charge in [-0.25, -0.2) is 0 Å². The summed E-state index contributed by atoms with van der Waals surface area (Å²) < 4.78 is 0. The molecule has 1 fully saturated rings. The highest BCUT2D eigenvalue weighted by atomic mass is 16.2. The molecule has 2 heterocycles. The second kappa shape index (κ2) is 7.25. The van der Waals surface area contributed by atoms with Crippen molar-refractivity contribution in [1.29, 1.82) is 0 Å². The predicted octanol–water partition coefficient (Wildman–Crippen LogP) is 1.22. The van der Waals surface area contributed by atoms with Crippen LogP contribution in [0.25, 0.3) is 0 Å². The molecular weight excluding hydrogens is 318 g/mol. The quantitative estimate of drug-likeness (QED) is 0.829. The fraction of sp³-hybridized carbons (Fsp3) is 0.526. The van der Waals surface area contributed by atoms with Crippen LogP contribution < -0.4 is 4.90 Å². The number of hydrogen-bond donors (Lipinski definition) is 0. The number of carbonyl (C=O) groups excluding carboxylic acids is 3. The standard InChI is InChI=1S/C19H25N3O3/c1-3-17(23)21-8-10-22(11-9-21)19(25)13-14-4-6-16-15(12-14)5-7-18(24)20(16)2/h4,6,12H,3,5,7-11,13H2,1-2H3. The van der Waals surface area contributed by atoms with Crippen LogP contribution in [0.15, 0.2) is 18.2 Å². The third kappa shape index (κ3) is 3.67. The normalized spacial score (nSPS) is 17.5. The number of aryl methyl sites for hydroxylation is 1. The van der Waals surface area contributed by atoms with Crippen LogP contribution in [0.4, 0.5) is 5.69 Å². The minimum atomic E-state index is 0.101. The van der Waals surface area contributed by atoms with Crippen molar-refractivity contribution in [3.05, 3.63) is 29.3 Å². The molecule has 0 saturated carbocycles. The molecule has 6 heteroatoms. The topological polar surface area (TPSA) is 60.9 Å². The maximum atomic E-state index is 12.6. The molecular formula is C19H25N3O3. The van der Waals surface area contributed by atoms with Gasteiger partial charge in [-0.1, -0.05) is 19.1 Å². The molecule has 25 heavy (non-hydrogen) atoms. The molecule has 0 radical (unpaired) electrons. The maximum Gasteiger partial charge on any atom is 0.227 e. The van der Waals surface area contributed by atoms with E-state index < -0.39 is 0 Å². The van der Waals surface area contributed by atoms with Crippen LogP contribution >= 0.6 is 0 Å². The number of benzene rings is 1. The zero-order chi connectivity index (χ0) is 18.0. The third-order valence-electron chi connectivity index (χ3n) is 5.13. The first-order valence-corrected chi connectivity index (χ1v) is 8.93. The van der Waals surface area contributed by atoms with Crippen LogP contribution in [0.1, 0.15) is 30.9 Å². The Bertz CT molecular complexity index is 693. The summed E-state index contributed by atoms with van der Waals surface area (Å²) in [6.45, 7) is 4.31. The van der Waals surface area contributed by atoms with E-state index in [-0.39, 0.29) is 17.7 Å². The number of carbonyl (C=O) groups is 3. The molecule has 0 atom stereocenters. The smallest absolute Gasteiger partial charge is 0.227 e. The van der Waals surface area contributed by atoms with E-state index in [4.69, 9.17) is 0 Å². The van der Waals surface area contributed by atoms with Gasteiger partial charge in [0.15, 0.2) is 0 Å². The number of hydrogen-bond acceptors (Lipinski definition) is 3. The number of piperazine rings is 1. The summed E-state index contributed by atoms with van der Waals surface area (Å²) in [5, 5.41) is 0. The number of fused-ring (bicyclic) bond motifs is 1. The van der Waals surface area contributed by atoms with E-state index in [9.17, 15) is 14.4 Å². The van der Waals surface area contributed by atoms with Crippen molar-refractivity contribution in [2.45, 2.75) is 32.6 Å². The summed E-state index contributed by atoms with van der Waals surface area (Å²) in [7, 11) is 1.79. The lowest BCUT2D eigenvalue weighted by molar-refractivity contribution is -0.139. The SMILES string of the molecule is CCC(=O)N1CCN(C(=O)Cc2ccc3c(c2)CCC(=O)N3C)CC1. The second-order valence-corrected chi connectivity index (χ2v) is 6.71. The molecule has 3 amide bonds. The molecule has 1 aromatic carbocycles. The van der Waals surface area contributed by atoms with E-state index in [1.54, 1.807) is 11.9 Å². The fourth-order valence-electron chi connectivity index (χ4n) is 3.54. The van der Waals surface area contributed by atoms with E-state index in [1.165, 1.54) is 0 Å². The van der Waals surface area contributed by atoms with Crippen LogP contribution in [0.3, 0.4) is 0 Å². The van der Waals surface area contributed by atoms with Gasteiger partial charge in [0.05, 0.1) is 6.42 Å². The molecule has 0 unspecified atom stereocenters. The van der Waals surface area contributed by atoms with Crippen LogP contribution in [-0.4, -0.2) is 60.7 Å². The van der Waals surface area contributed by atoms with E-state index in [0.29, 0.717) is 45.4 Å². The third-order valence-corrected chi connectivity index (χ3v) is 5.13. The number of rotatable bonds is 3. The lowest BCUT2D eigenvalue weighted by Gasteiger charge is -2.34. The Morgan fingerprint density at radius 2 is 1.64 bits per heavy atom. The van der Waals surface area contributed by atoms with E-state index in [1.807, 2.05) is 34.9 Å². The molecule has 0 N–H and O–H groups in total. The van der Waals surface area contributed by atoms with Crippen LogP contribution in [0.5, 0.6) is 0 Å². The molecule has 6 nitrogen and oxygen atoms in total. The monoisotopic (exact) mass is 343 g/mol. The van der Waals surface area contributed by atoms with Gasteiger partial charge in [0.2, 0.25) is 17.7 Å². The Labute approximate surface area is 148 Å². The van der Waals surface area contributed by atoms with Gasteiger partial charge in [0, 0.05) is 51.8 Å². The molecule has 1 saturated heterocycles. The molecule has 3 rings (SSSR count). The van der Waals surface area contributed by atoms with Crippen molar-refractivity contribution in [2.24, 2.45) is 0 Å². The van der Waals surface area contributed by atoms with Gasteiger partial charge in [-0.15, -0.1) is 0 Å². The summed E-state index contributed by atoms with van der Waals surface area (Å²) in [6.07, 6.45) is 2.14. The van der Waals surface area contributed by atoms with E-state index in [2.05, 4.69) is 0 Å². The Hall–Kier alpha value is -2.37. The van der Waals surface area contributed by atoms with Crippen molar-refractivity contribution in [2.75, 3.05) is 38.1 Å². The zero-order valence-corrected chi connectivity index (χ0v) is 15.0. The average Bonchev–Trinajstić information content (AvgIpc) is 2.64. The number of nitrogens with zero attached hydrogens (tertiary/aromatic N) is 3. The van der Waals surface area contributed by atoms with Crippen molar-refractivity contribution in [3.63, 3.8) is 0 Å². The first-order chi connectivity index (χ1) is 12.0. The second-order valence-electron chi connectivity index (χ2n) is 6.71. The molecule has 2 aliphatic rings. The van der Waals surface area contributed by atoms with Crippen LogP contribution in [0.2, 0.25) is 0 Å². The molecule has 134 valence electrons. The minimum absolute atomic E-state index is 0.101. The van der Waals surface area contributed by atoms with Gasteiger partial charge >= 0.3 is 0 Å². The highest BCUT2D eigenvalue weighted by molar-refractivity contribution is 5.96. The largest absolute Gasteiger partial charge is 0.339 e. The Morgan fingerprint density at radius 3 is 2.28 bits per heavy atom. The number of amides is 3. The molecule has 2 aliphatic heterocycles. The Morgan fingerprint density at radius 1 is 1.00 bits per heavy atom. The molecule has 0 bridgehead atoms. The fourth-order valence-corrected chi connectivity index (χ4v) is 3.54. The molecule has 0 spiro atoms. The van der Waals surface area contributed by atoms with E-state index in [0.717, 1.165) is 23.2 Å². The first kappa shape index (κ1) is 17.5. The summed E-state index contributed by atoms with van der Waals surface area (Å²) >= 11 is 0. The van der Waals surface area contributed by atoms with Crippen LogP contribution in [0, 0.1) is 0 Å². The summed E-state index contributed by atoms with van der Waals surface area (Å²) in [4.78, 5) is 41.4. The van der Waals surface area contributed by atoms with Crippen molar-refractivity contribution in [1.82, 2.24) is 9.80 Å². The zero-order valence-electron chi connectivity index (χ0n) is 15.0. The van der Waals surface area contributed by atoms with Crippen molar-refractivity contribution in [3.8, 4) is 0 Å². The Kier molecular flexibility index (Phi) is 5.06. The summed E-state index contributed by atoms with van der Waals surface area (Å²) in [5.74, 6) is 0.389. The molecule has 0 aliphatic carbocycles. The van der Waals surface area contributed by atoms with Crippen molar-refractivity contribution >= 4 is 23.4 Å². The average molecular weight is 343 g/mol. The van der Waals surface area contributed by atoms with E-state index >= 15 is 0 Å². The highest BCUT2D eigenvalue weighted by Gasteiger charge is 2.24. The summed E-state index contributed by atoms with van der Waals surface area (Å²) in [5.41, 5.74) is 3.06. The Balaban J connectivity index is 1.61. The van der Waals surface area contributed by atoms with Gasteiger partial charge in [-0.3, -0.25) is 14.4 Å². The lowest BCUT2D eigenvalue weighted by Crippen LogP contribution is -2.50. The molecule has 1 aromatic rings. The first-order valence-electron chi connectivity index (χ1n) is 8.93. The highest BCUT2D eigenvalue weighted by Crippen LogP contribution is 2.27. The minimum Gasteiger partial charge on any atom is -0.339 e. The van der Waals surface area contributed by atoms with Gasteiger partial charge in [0.1, 0.15) is 0 Å².